The van der Waals surface area contributed by atoms with Crippen LogP contribution in [0.4, 0.5) is 0 Å². The monoisotopic (exact) mass is 433 g/mol. The first-order valence-corrected chi connectivity index (χ1v) is 11.0. The number of hydrogen-bond donors (Lipinski definition) is 3. The van der Waals surface area contributed by atoms with E-state index in [4.69, 9.17) is 4.74 Å². The van der Waals surface area contributed by atoms with Crippen molar-refractivity contribution in [1.29, 1.82) is 0 Å². The Morgan fingerprint density at radius 3 is 2.66 bits per heavy atom. The minimum absolute atomic E-state index is 0.289. The minimum Gasteiger partial charge on any atom is -0.497 e. The van der Waals surface area contributed by atoms with Crippen molar-refractivity contribution in [1.82, 2.24) is 30.7 Å². The van der Waals surface area contributed by atoms with Gasteiger partial charge in [0.15, 0.2) is 11.8 Å². The summed E-state index contributed by atoms with van der Waals surface area (Å²) in [4.78, 5) is 11.2. The molecule has 1 unspecified atom stereocenters. The molecule has 8 nitrogen and oxygen atoms in total. The molecule has 3 N–H and O–H groups in total. The van der Waals surface area contributed by atoms with Gasteiger partial charge in [-0.2, -0.15) is 5.10 Å². The average molecular weight is 434 g/mol. The second kappa shape index (κ2) is 10.8. The average Bonchev–Trinajstić information content (AvgIpc) is 3.57. The molecule has 1 aliphatic rings. The van der Waals surface area contributed by atoms with Crippen LogP contribution in [0.1, 0.15) is 30.0 Å². The Hall–Kier alpha value is -3.39. The van der Waals surface area contributed by atoms with Gasteiger partial charge in [-0.3, -0.25) is 15.0 Å². The standard InChI is InChI=1S/C24H31N7O/c1-25-24(26-15-18-6-5-7-20(14-18)23-28-17-29-30-23)27-16-22(31-12-3-4-13-31)19-8-10-21(32-2)11-9-19/h5-11,14,17,22H,3-4,12-13,15-16H2,1-2H3,(H2,25,26,27)(H,28,29,30). The zero-order valence-corrected chi connectivity index (χ0v) is 18.7. The maximum atomic E-state index is 5.33. The van der Waals surface area contributed by atoms with E-state index in [0.717, 1.165) is 48.3 Å². The number of guanidine groups is 1. The van der Waals surface area contributed by atoms with Crippen molar-refractivity contribution in [2.75, 3.05) is 33.8 Å². The molecule has 1 aromatic heterocycles. The number of likely N-dealkylation sites (tertiary alicyclic amines) is 1. The molecule has 1 atom stereocenters. The number of aromatic nitrogens is 3. The summed E-state index contributed by atoms with van der Waals surface area (Å²) in [6.07, 6.45) is 4.02. The second-order valence-electron chi connectivity index (χ2n) is 7.87. The number of nitrogens with one attached hydrogen (secondary N) is 3. The van der Waals surface area contributed by atoms with Crippen LogP contribution in [-0.4, -0.2) is 59.8 Å². The molecule has 2 heterocycles. The highest BCUT2D eigenvalue weighted by Gasteiger charge is 2.23. The van der Waals surface area contributed by atoms with Gasteiger partial charge in [0.05, 0.1) is 13.2 Å². The van der Waals surface area contributed by atoms with E-state index in [1.165, 1.54) is 24.7 Å². The quantitative estimate of drug-likeness (QED) is 0.374. The van der Waals surface area contributed by atoms with Crippen molar-refractivity contribution in [3.8, 4) is 17.1 Å². The Bertz CT molecular complexity index is 995. The normalized spacial score (nSPS) is 15.5. The van der Waals surface area contributed by atoms with Gasteiger partial charge in [-0.05, 0) is 55.3 Å². The highest BCUT2D eigenvalue weighted by molar-refractivity contribution is 5.79. The smallest absolute Gasteiger partial charge is 0.191 e. The minimum atomic E-state index is 0.289. The fourth-order valence-corrected chi connectivity index (χ4v) is 4.11. The van der Waals surface area contributed by atoms with Gasteiger partial charge >= 0.3 is 0 Å². The Morgan fingerprint density at radius 2 is 1.97 bits per heavy atom. The van der Waals surface area contributed by atoms with E-state index in [-0.39, 0.29) is 6.04 Å². The molecule has 0 aliphatic carbocycles. The third-order valence-electron chi connectivity index (χ3n) is 5.84. The van der Waals surface area contributed by atoms with Gasteiger partial charge in [0.1, 0.15) is 12.1 Å². The van der Waals surface area contributed by atoms with Gasteiger partial charge in [-0.1, -0.05) is 30.3 Å². The van der Waals surface area contributed by atoms with E-state index in [1.807, 2.05) is 24.3 Å². The summed E-state index contributed by atoms with van der Waals surface area (Å²) in [5.41, 5.74) is 3.45. The fourth-order valence-electron chi connectivity index (χ4n) is 4.11. The van der Waals surface area contributed by atoms with Gasteiger partial charge in [0, 0.05) is 25.7 Å². The Morgan fingerprint density at radius 1 is 1.16 bits per heavy atom. The lowest BCUT2D eigenvalue weighted by Gasteiger charge is -2.29. The molecule has 3 aromatic rings. The Kier molecular flexibility index (Phi) is 7.34. The van der Waals surface area contributed by atoms with Crippen molar-refractivity contribution in [3.63, 3.8) is 0 Å². The molecule has 168 valence electrons. The van der Waals surface area contributed by atoms with Crippen LogP contribution in [0.15, 0.2) is 59.9 Å². The molecule has 4 rings (SSSR count). The number of benzene rings is 2. The van der Waals surface area contributed by atoms with E-state index in [2.05, 4.69) is 60.0 Å². The lowest BCUT2D eigenvalue weighted by molar-refractivity contribution is 0.245. The summed E-state index contributed by atoms with van der Waals surface area (Å²) < 4.78 is 5.33. The van der Waals surface area contributed by atoms with E-state index < -0.39 is 0 Å². The van der Waals surface area contributed by atoms with Gasteiger partial charge < -0.3 is 15.4 Å². The Labute approximate surface area is 189 Å². The molecule has 2 aromatic carbocycles. The predicted molar refractivity (Wildman–Crippen MR) is 127 cm³/mol. The molecule has 0 saturated carbocycles. The number of hydrogen-bond acceptors (Lipinski definition) is 5. The maximum absolute atomic E-state index is 5.33. The molecule has 0 spiro atoms. The lowest BCUT2D eigenvalue weighted by Crippen LogP contribution is -2.42. The first-order chi connectivity index (χ1) is 15.8. The molecule has 0 amide bonds. The zero-order chi connectivity index (χ0) is 22.2. The van der Waals surface area contributed by atoms with Crippen LogP contribution < -0.4 is 15.4 Å². The lowest BCUT2D eigenvalue weighted by atomic mass is 10.1. The van der Waals surface area contributed by atoms with Crippen LogP contribution in [0.2, 0.25) is 0 Å². The SMILES string of the molecule is CN=C(NCc1cccc(-c2ncn[nH]2)c1)NCC(c1ccc(OC)cc1)N1CCCC1. The van der Waals surface area contributed by atoms with Crippen molar-refractivity contribution < 1.29 is 4.74 Å². The first-order valence-electron chi connectivity index (χ1n) is 11.0. The largest absolute Gasteiger partial charge is 0.497 e. The number of aromatic amines is 1. The molecule has 32 heavy (non-hydrogen) atoms. The van der Waals surface area contributed by atoms with Crippen LogP contribution >= 0.6 is 0 Å². The molecular formula is C24H31N7O. The third-order valence-corrected chi connectivity index (χ3v) is 5.84. The molecule has 1 fully saturated rings. The van der Waals surface area contributed by atoms with E-state index in [9.17, 15) is 0 Å². The molecular weight excluding hydrogens is 402 g/mol. The summed E-state index contributed by atoms with van der Waals surface area (Å²) in [6, 6.07) is 16.9. The predicted octanol–water partition coefficient (Wildman–Crippen LogP) is 2.98. The van der Waals surface area contributed by atoms with Gasteiger partial charge in [-0.25, -0.2) is 4.98 Å². The van der Waals surface area contributed by atoms with Crippen molar-refractivity contribution in [2.45, 2.75) is 25.4 Å². The van der Waals surface area contributed by atoms with Gasteiger partial charge in [-0.15, -0.1) is 0 Å². The summed E-state index contributed by atoms with van der Waals surface area (Å²) in [5, 5.41) is 13.8. The highest BCUT2D eigenvalue weighted by atomic mass is 16.5. The molecule has 1 aliphatic heterocycles. The topological polar surface area (TPSA) is 90.5 Å². The van der Waals surface area contributed by atoms with Crippen LogP contribution in [0.5, 0.6) is 5.75 Å². The number of rotatable bonds is 8. The van der Waals surface area contributed by atoms with Gasteiger partial charge in [0.2, 0.25) is 0 Å². The van der Waals surface area contributed by atoms with Gasteiger partial charge in [0.25, 0.3) is 0 Å². The van der Waals surface area contributed by atoms with E-state index >= 15 is 0 Å². The van der Waals surface area contributed by atoms with Crippen LogP contribution in [-0.2, 0) is 6.54 Å². The number of aliphatic imine (C=N–C) groups is 1. The van der Waals surface area contributed by atoms with E-state index in [1.54, 1.807) is 14.2 Å². The number of methoxy groups -OCH3 is 1. The maximum Gasteiger partial charge on any atom is 0.191 e. The second-order valence-corrected chi connectivity index (χ2v) is 7.87. The first kappa shape index (κ1) is 21.8. The number of ether oxygens (including phenoxy) is 1. The molecule has 1 saturated heterocycles. The summed E-state index contributed by atoms with van der Waals surface area (Å²) in [5.74, 6) is 2.43. The van der Waals surface area contributed by atoms with Crippen LogP contribution in [0.25, 0.3) is 11.4 Å². The number of H-pyrrole nitrogens is 1. The van der Waals surface area contributed by atoms with Crippen LogP contribution in [0.3, 0.4) is 0 Å². The van der Waals surface area contributed by atoms with Crippen molar-refractivity contribution >= 4 is 5.96 Å². The molecule has 0 radical (unpaired) electrons. The van der Waals surface area contributed by atoms with Crippen LogP contribution in [0, 0.1) is 0 Å². The molecule has 0 bridgehead atoms. The van der Waals surface area contributed by atoms with Crippen molar-refractivity contribution in [2.24, 2.45) is 4.99 Å². The van der Waals surface area contributed by atoms with E-state index in [0.29, 0.717) is 6.54 Å². The Balaban J connectivity index is 1.38. The summed E-state index contributed by atoms with van der Waals surface area (Å²) in [7, 11) is 3.50. The number of nitrogens with zero attached hydrogens (tertiary/aromatic N) is 4. The highest BCUT2D eigenvalue weighted by Crippen LogP contribution is 2.26. The molecule has 8 heteroatoms. The zero-order valence-electron chi connectivity index (χ0n) is 18.7. The third kappa shape index (κ3) is 5.45. The fraction of sp³-hybridized carbons (Fsp3) is 0.375. The van der Waals surface area contributed by atoms with Crippen molar-refractivity contribution in [3.05, 3.63) is 66.0 Å². The summed E-state index contributed by atoms with van der Waals surface area (Å²) >= 11 is 0. The summed E-state index contributed by atoms with van der Waals surface area (Å²) in [6.45, 7) is 3.69.